The van der Waals surface area contributed by atoms with Gasteiger partial charge in [0.05, 0.1) is 5.56 Å². The minimum atomic E-state index is -1.03. The van der Waals surface area contributed by atoms with Crippen molar-refractivity contribution < 1.29 is 14.3 Å². The molecule has 0 saturated heterocycles. The molecule has 2 aromatic rings. The molecule has 1 heterocycles. The van der Waals surface area contributed by atoms with Crippen molar-refractivity contribution in [1.29, 1.82) is 0 Å². The lowest BCUT2D eigenvalue weighted by Crippen LogP contribution is -2.57. The number of benzene rings is 2. The molecule has 0 saturated carbocycles. The molecule has 4 heteroatoms. The Morgan fingerprint density at radius 3 is 2.33 bits per heavy atom. The first-order chi connectivity index (χ1) is 10.0. The Hall–Kier alpha value is -2.62. The van der Waals surface area contributed by atoms with Crippen molar-refractivity contribution in [3.05, 3.63) is 65.7 Å². The Morgan fingerprint density at radius 1 is 1.00 bits per heavy atom. The van der Waals surface area contributed by atoms with Gasteiger partial charge in [-0.15, -0.1) is 0 Å². The molecule has 0 N–H and O–H groups in total. The van der Waals surface area contributed by atoms with E-state index >= 15 is 0 Å². The van der Waals surface area contributed by atoms with Gasteiger partial charge in [-0.05, 0) is 38.1 Å². The fourth-order valence-corrected chi connectivity index (χ4v) is 2.46. The molecule has 3 rings (SSSR count). The van der Waals surface area contributed by atoms with Gasteiger partial charge in [0.2, 0.25) is 0 Å². The van der Waals surface area contributed by atoms with Crippen molar-refractivity contribution >= 4 is 11.8 Å². The van der Waals surface area contributed by atoms with E-state index in [0.29, 0.717) is 16.9 Å². The summed E-state index contributed by atoms with van der Waals surface area (Å²) in [6.45, 7) is 3.42. The highest BCUT2D eigenvalue weighted by Crippen LogP contribution is 2.34. The summed E-state index contributed by atoms with van der Waals surface area (Å²) in [4.78, 5) is 26.5. The Balaban J connectivity index is 2.06. The fourth-order valence-electron chi connectivity index (χ4n) is 2.46. The third kappa shape index (κ3) is 2.18. The summed E-state index contributed by atoms with van der Waals surface area (Å²) in [5.74, 6) is -0.194. The monoisotopic (exact) mass is 281 g/mol. The summed E-state index contributed by atoms with van der Waals surface area (Å²) in [5, 5.41) is 0. The number of ether oxygens (including phenoxy) is 1. The minimum absolute atomic E-state index is 0.337. The number of carbonyl (C=O) groups is 2. The number of amides is 2. The lowest BCUT2D eigenvalue weighted by atomic mass is 10.0. The number of imide groups is 1. The Kier molecular flexibility index (Phi) is 3.01. The summed E-state index contributed by atoms with van der Waals surface area (Å²) in [6, 6.07) is 15.7. The Morgan fingerprint density at radius 2 is 1.62 bits per heavy atom. The molecule has 2 aromatic carbocycles. The van der Waals surface area contributed by atoms with Crippen molar-refractivity contribution in [3.8, 4) is 5.75 Å². The van der Waals surface area contributed by atoms with Crippen LogP contribution in [0.2, 0.25) is 0 Å². The predicted molar refractivity (Wildman–Crippen MR) is 78.1 cm³/mol. The molecule has 0 fully saturated rings. The van der Waals surface area contributed by atoms with E-state index < -0.39 is 5.72 Å². The van der Waals surface area contributed by atoms with Crippen LogP contribution in [0.5, 0.6) is 5.75 Å². The highest BCUT2D eigenvalue weighted by atomic mass is 16.5. The number of hydrogen-bond acceptors (Lipinski definition) is 3. The lowest BCUT2D eigenvalue weighted by molar-refractivity contribution is -0.0358. The second kappa shape index (κ2) is 4.74. The number of rotatable bonds is 1. The maximum atomic E-state index is 12.7. The summed E-state index contributed by atoms with van der Waals surface area (Å²) in [5.41, 5.74) is -0.166. The van der Waals surface area contributed by atoms with Crippen LogP contribution in [0.15, 0.2) is 54.6 Å². The molecule has 1 aliphatic heterocycles. The van der Waals surface area contributed by atoms with Crippen molar-refractivity contribution in [2.45, 2.75) is 19.6 Å². The smallest absolute Gasteiger partial charge is 0.267 e. The van der Waals surface area contributed by atoms with E-state index in [1.165, 1.54) is 4.90 Å². The molecule has 0 bridgehead atoms. The SMILES string of the molecule is CC1(C)Oc2ccccc2C(=O)N1C(=O)c1ccccc1. The van der Waals surface area contributed by atoms with Crippen LogP contribution >= 0.6 is 0 Å². The van der Waals surface area contributed by atoms with Crippen molar-refractivity contribution in [2.75, 3.05) is 0 Å². The van der Waals surface area contributed by atoms with Crippen molar-refractivity contribution in [2.24, 2.45) is 0 Å². The second-order valence-electron chi connectivity index (χ2n) is 5.36. The van der Waals surface area contributed by atoms with Crippen molar-refractivity contribution in [3.63, 3.8) is 0 Å². The highest BCUT2D eigenvalue weighted by molar-refractivity contribution is 6.12. The molecule has 0 aromatic heterocycles. The normalized spacial score (nSPS) is 16.1. The molecule has 4 nitrogen and oxygen atoms in total. The summed E-state index contributed by atoms with van der Waals surface area (Å²) < 4.78 is 5.83. The van der Waals surface area contributed by atoms with Crippen LogP contribution in [-0.2, 0) is 0 Å². The minimum Gasteiger partial charge on any atom is -0.467 e. The standard InChI is InChI=1S/C17H15NO3/c1-17(2)18(15(19)12-8-4-3-5-9-12)16(20)13-10-6-7-11-14(13)21-17/h3-11H,1-2H3. The lowest BCUT2D eigenvalue weighted by Gasteiger charge is -2.41. The van der Waals surface area contributed by atoms with Gasteiger partial charge in [-0.2, -0.15) is 0 Å². The van der Waals surface area contributed by atoms with Crippen LogP contribution in [0.3, 0.4) is 0 Å². The van der Waals surface area contributed by atoms with E-state index in [4.69, 9.17) is 4.74 Å². The van der Waals surface area contributed by atoms with Crippen LogP contribution in [0.1, 0.15) is 34.6 Å². The van der Waals surface area contributed by atoms with E-state index in [-0.39, 0.29) is 11.8 Å². The zero-order valence-corrected chi connectivity index (χ0v) is 11.9. The molecule has 0 radical (unpaired) electrons. The van der Waals surface area contributed by atoms with Gasteiger partial charge in [-0.25, -0.2) is 4.90 Å². The number of carbonyl (C=O) groups excluding carboxylic acids is 2. The van der Waals surface area contributed by atoms with Gasteiger partial charge in [0, 0.05) is 5.56 Å². The quantitative estimate of drug-likeness (QED) is 0.755. The maximum absolute atomic E-state index is 12.7. The van der Waals surface area contributed by atoms with Crippen LogP contribution < -0.4 is 4.74 Å². The topological polar surface area (TPSA) is 46.6 Å². The first kappa shape index (κ1) is 13.4. The largest absolute Gasteiger partial charge is 0.467 e. The van der Waals surface area contributed by atoms with Crippen molar-refractivity contribution in [1.82, 2.24) is 4.90 Å². The van der Waals surface area contributed by atoms with E-state index in [2.05, 4.69) is 0 Å². The molecule has 0 unspecified atom stereocenters. The molecule has 1 aliphatic rings. The zero-order chi connectivity index (χ0) is 15.0. The average Bonchev–Trinajstić information content (AvgIpc) is 2.47. The molecular formula is C17H15NO3. The first-order valence-corrected chi connectivity index (χ1v) is 6.73. The van der Waals surface area contributed by atoms with Gasteiger partial charge in [-0.1, -0.05) is 30.3 Å². The highest BCUT2D eigenvalue weighted by Gasteiger charge is 2.43. The van der Waals surface area contributed by atoms with E-state index in [0.717, 1.165) is 0 Å². The van der Waals surface area contributed by atoms with Gasteiger partial charge >= 0.3 is 0 Å². The summed E-state index contributed by atoms with van der Waals surface area (Å²) >= 11 is 0. The van der Waals surface area contributed by atoms with Crippen LogP contribution in [-0.4, -0.2) is 22.4 Å². The first-order valence-electron chi connectivity index (χ1n) is 6.73. The number of hydrogen-bond donors (Lipinski definition) is 0. The van der Waals surface area contributed by atoms with Crippen LogP contribution in [0.4, 0.5) is 0 Å². The van der Waals surface area contributed by atoms with Crippen LogP contribution in [0.25, 0.3) is 0 Å². The molecule has 0 aliphatic carbocycles. The molecular weight excluding hydrogens is 266 g/mol. The molecule has 21 heavy (non-hydrogen) atoms. The molecule has 0 atom stereocenters. The maximum Gasteiger partial charge on any atom is 0.267 e. The van der Waals surface area contributed by atoms with Gasteiger partial charge in [0.1, 0.15) is 5.75 Å². The second-order valence-corrected chi connectivity index (χ2v) is 5.36. The number of nitrogens with zero attached hydrogens (tertiary/aromatic N) is 1. The molecule has 2 amide bonds. The number of fused-ring (bicyclic) bond motifs is 1. The van der Waals surface area contributed by atoms with Gasteiger partial charge in [0.15, 0.2) is 5.72 Å². The fraction of sp³-hybridized carbons (Fsp3) is 0.176. The summed E-state index contributed by atoms with van der Waals surface area (Å²) in [6.07, 6.45) is 0. The Bertz CT molecular complexity index is 707. The van der Waals surface area contributed by atoms with Crippen LogP contribution in [0, 0.1) is 0 Å². The third-order valence-corrected chi connectivity index (χ3v) is 3.44. The van der Waals surface area contributed by atoms with Gasteiger partial charge in [0.25, 0.3) is 11.8 Å². The predicted octanol–water partition coefficient (Wildman–Crippen LogP) is 3.10. The summed E-state index contributed by atoms with van der Waals surface area (Å²) in [7, 11) is 0. The van der Waals surface area contributed by atoms with E-state index in [1.807, 2.05) is 6.07 Å². The third-order valence-electron chi connectivity index (χ3n) is 3.44. The molecule has 0 spiro atoms. The zero-order valence-electron chi connectivity index (χ0n) is 11.9. The number of para-hydroxylation sites is 1. The Labute approximate surface area is 123 Å². The van der Waals surface area contributed by atoms with E-state index in [9.17, 15) is 9.59 Å². The van der Waals surface area contributed by atoms with E-state index in [1.54, 1.807) is 62.4 Å². The molecule has 106 valence electrons. The van der Waals surface area contributed by atoms with Gasteiger partial charge < -0.3 is 4.74 Å². The van der Waals surface area contributed by atoms with Gasteiger partial charge in [-0.3, -0.25) is 9.59 Å². The average molecular weight is 281 g/mol.